The van der Waals surface area contributed by atoms with Gasteiger partial charge in [0, 0.05) is 6.04 Å². The van der Waals surface area contributed by atoms with Crippen LogP contribution in [0.4, 0.5) is 0 Å². The summed E-state index contributed by atoms with van der Waals surface area (Å²) in [7, 11) is 0. The highest BCUT2D eigenvalue weighted by molar-refractivity contribution is 5.95. The molecule has 1 aliphatic heterocycles. The van der Waals surface area contributed by atoms with Crippen LogP contribution in [0, 0.1) is 11.3 Å². The lowest BCUT2D eigenvalue weighted by Gasteiger charge is -2.44. The Morgan fingerprint density at radius 3 is 2.65 bits per heavy atom. The minimum absolute atomic E-state index is 0.00127. The number of piperazine rings is 1. The van der Waals surface area contributed by atoms with Crippen LogP contribution in [0.1, 0.15) is 59.8 Å². The Morgan fingerprint density at radius 2 is 2.05 bits per heavy atom. The fourth-order valence-electron chi connectivity index (χ4n) is 3.60. The summed E-state index contributed by atoms with van der Waals surface area (Å²) >= 11 is 0. The monoisotopic (exact) mass is 280 g/mol. The first-order valence-electron chi connectivity index (χ1n) is 7.88. The summed E-state index contributed by atoms with van der Waals surface area (Å²) in [5.74, 6) is 0.534. The number of hydrogen-bond donors (Lipinski definition) is 1. The molecule has 4 nitrogen and oxygen atoms in total. The van der Waals surface area contributed by atoms with E-state index in [1.807, 2.05) is 4.90 Å². The molecule has 0 spiro atoms. The number of carbonyl (C=O) groups excluding carboxylic acids is 2. The molecule has 0 bridgehead atoms. The van der Waals surface area contributed by atoms with Gasteiger partial charge in [-0.1, -0.05) is 34.1 Å². The lowest BCUT2D eigenvalue weighted by atomic mass is 9.74. The van der Waals surface area contributed by atoms with E-state index in [9.17, 15) is 9.59 Å². The van der Waals surface area contributed by atoms with Crippen LogP contribution in [0.3, 0.4) is 0 Å². The summed E-state index contributed by atoms with van der Waals surface area (Å²) in [5, 5.41) is 2.86. The quantitative estimate of drug-likeness (QED) is 0.862. The van der Waals surface area contributed by atoms with Gasteiger partial charge in [-0.15, -0.1) is 0 Å². The van der Waals surface area contributed by atoms with Gasteiger partial charge in [-0.25, -0.2) is 0 Å². The van der Waals surface area contributed by atoms with E-state index in [4.69, 9.17) is 0 Å². The molecule has 114 valence electrons. The Kier molecular flexibility index (Phi) is 4.40. The highest BCUT2D eigenvalue weighted by Gasteiger charge is 2.39. The van der Waals surface area contributed by atoms with Gasteiger partial charge in [0.05, 0.1) is 6.54 Å². The van der Waals surface area contributed by atoms with Crippen molar-refractivity contribution in [1.82, 2.24) is 10.2 Å². The topological polar surface area (TPSA) is 49.4 Å². The fourth-order valence-corrected chi connectivity index (χ4v) is 3.60. The fraction of sp³-hybridized carbons (Fsp3) is 0.875. The first kappa shape index (κ1) is 15.3. The highest BCUT2D eigenvalue weighted by Crippen LogP contribution is 2.37. The standard InChI is InChI=1S/C16H28N2O2/c1-11(2)8-13-15(20)18(10-14(19)17-13)12-6-5-7-16(3,4)9-12/h11-13H,5-10H2,1-4H3,(H,17,19). The molecule has 2 fully saturated rings. The van der Waals surface area contributed by atoms with Crippen molar-refractivity contribution in [3.8, 4) is 0 Å². The van der Waals surface area contributed by atoms with Gasteiger partial charge in [-0.2, -0.15) is 0 Å². The maximum atomic E-state index is 12.6. The van der Waals surface area contributed by atoms with Gasteiger partial charge >= 0.3 is 0 Å². The van der Waals surface area contributed by atoms with E-state index >= 15 is 0 Å². The van der Waals surface area contributed by atoms with Crippen molar-refractivity contribution in [2.45, 2.75) is 71.9 Å². The summed E-state index contributed by atoms with van der Waals surface area (Å²) < 4.78 is 0. The van der Waals surface area contributed by atoms with Gasteiger partial charge in [-0.05, 0) is 37.0 Å². The minimum Gasteiger partial charge on any atom is -0.343 e. The molecule has 1 heterocycles. The van der Waals surface area contributed by atoms with Crippen molar-refractivity contribution < 1.29 is 9.59 Å². The lowest BCUT2D eigenvalue weighted by molar-refractivity contribution is -0.148. The molecule has 20 heavy (non-hydrogen) atoms. The van der Waals surface area contributed by atoms with E-state index in [0.717, 1.165) is 25.7 Å². The van der Waals surface area contributed by atoms with Crippen molar-refractivity contribution in [2.75, 3.05) is 6.54 Å². The first-order valence-corrected chi connectivity index (χ1v) is 7.88. The molecule has 4 heteroatoms. The number of nitrogens with zero attached hydrogens (tertiary/aromatic N) is 1. The molecular weight excluding hydrogens is 252 g/mol. The molecule has 2 aliphatic rings. The average Bonchev–Trinajstić information content (AvgIpc) is 2.31. The summed E-state index contributed by atoms with van der Waals surface area (Å²) in [6, 6.07) is -0.0757. The van der Waals surface area contributed by atoms with E-state index in [2.05, 4.69) is 33.0 Å². The van der Waals surface area contributed by atoms with Gasteiger partial charge in [0.2, 0.25) is 11.8 Å². The molecule has 2 amide bonds. The normalized spacial score (nSPS) is 30.6. The molecule has 1 aliphatic carbocycles. The Balaban J connectivity index is 2.09. The second-order valence-electron chi connectivity index (χ2n) is 7.63. The molecule has 0 aromatic rings. The van der Waals surface area contributed by atoms with Crippen LogP contribution in [-0.2, 0) is 9.59 Å². The number of rotatable bonds is 3. The summed E-state index contributed by atoms with van der Waals surface area (Å²) in [6.07, 6.45) is 5.15. The third-order valence-electron chi connectivity index (χ3n) is 4.56. The van der Waals surface area contributed by atoms with E-state index in [-0.39, 0.29) is 35.9 Å². The molecule has 0 aromatic carbocycles. The van der Waals surface area contributed by atoms with E-state index in [0.29, 0.717) is 5.92 Å². The zero-order valence-electron chi connectivity index (χ0n) is 13.2. The number of hydrogen-bond acceptors (Lipinski definition) is 2. The predicted octanol–water partition coefficient (Wildman–Crippen LogP) is 2.33. The van der Waals surface area contributed by atoms with Crippen LogP contribution < -0.4 is 5.32 Å². The van der Waals surface area contributed by atoms with E-state index in [1.54, 1.807) is 0 Å². The number of amides is 2. The van der Waals surface area contributed by atoms with Gasteiger partial charge in [-0.3, -0.25) is 9.59 Å². The summed E-state index contributed by atoms with van der Waals surface area (Å²) in [6.45, 7) is 8.94. The van der Waals surface area contributed by atoms with Crippen LogP contribution in [0.5, 0.6) is 0 Å². The summed E-state index contributed by atoms with van der Waals surface area (Å²) in [5.41, 5.74) is 0.282. The Morgan fingerprint density at radius 1 is 1.35 bits per heavy atom. The van der Waals surface area contributed by atoms with Crippen LogP contribution in [0.2, 0.25) is 0 Å². The van der Waals surface area contributed by atoms with Crippen molar-refractivity contribution in [3.05, 3.63) is 0 Å². The van der Waals surface area contributed by atoms with Crippen LogP contribution in [0.15, 0.2) is 0 Å². The molecule has 1 saturated carbocycles. The van der Waals surface area contributed by atoms with Gasteiger partial charge in [0.15, 0.2) is 0 Å². The second kappa shape index (κ2) is 5.74. The minimum atomic E-state index is -0.318. The largest absolute Gasteiger partial charge is 0.343 e. The Bertz CT molecular complexity index is 390. The molecule has 2 atom stereocenters. The zero-order valence-corrected chi connectivity index (χ0v) is 13.2. The first-order chi connectivity index (χ1) is 9.28. The van der Waals surface area contributed by atoms with Gasteiger partial charge in [0.25, 0.3) is 0 Å². The number of nitrogens with one attached hydrogen (secondary N) is 1. The smallest absolute Gasteiger partial charge is 0.245 e. The third kappa shape index (κ3) is 3.53. The number of carbonyl (C=O) groups is 2. The zero-order chi connectivity index (χ0) is 14.9. The van der Waals surface area contributed by atoms with Crippen LogP contribution in [0.25, 0.3) is 0 Å². The third-order valence-corrected chi connectivity index (χ3v) is 4.56. The van der Waals surface area contributed by atoms with E-state index in [1.165, 1.54) is 6.42 Å². The molecule has 1 N–H and O–H groups in total. The van der Waals surface area contributed by atoms with Crippen LogP contribution >= 0.6 is 0 Å². The van der Waals surface area contributed by atoms with Crippen molar-refractivity contribution in [3.63, 3.8) is 0 Å². The SMILES string of the molecule is CC(C)CC1NC(=O)CN(C2CCCC(C)(C)C2)C1=O. The molecule has 0 radical (unpaired) electrons. The lowest BCUT2D eigenvalue weighted by Crippen LogP contribution is -2.61. The molecule has 2 unspecified atom stereocenters. The molecular formula is C16H28N2O2. The predicted molar refractivity (Wildman–Crippen MR) is 79.1 cm³/mol. The average molecular weight is 280 g/mol. The maximum absolute atomic E-state index is 12.6. The Labute approximate surface area is 122 Å². The van der Waals surface area contributed by atoms with Crippen LogP contribution in [-0.4, -0.2) is 35.3 Å². The summed E-state index contributed by atoms with van der Waals surface area (Å²) in [4.78, 5) is 26.4. The van der Waals surface area contributed by atoms with Crippen molar-refractivity contribution in [2.24, 2.45) is 11.3 Å². The molecule has 1 saturated heterocycles. The Hall–Kier alpha value is -1.06. The highest BCUT2D eigenvalue weighted by atomic mass is 16.2. The maximum Gasteiger partial charge on any atom is 0.245 e. The van der Waals surface area contributed by atoms with Gasteiger partial charge in [0.1, 0.15) is 6.04 Å². The molecule has 0 aromatic heterocycles. The van der Waals surface area contributed by atoms with Gasteiger partial charge < -0.3 is 10.2 Å². The molecule has 2 rings (SSSR count). The van der Waals surface area contributed by atoms with E-state index < -0.39 is 0 Å². The van der Waals surface area contributed by atoms with Crippen molar-refractivity contribution in [1.29, 1.82) is 0 Å². The van der Waals surface area contributed by atoms with Crippen molar-refractivity contribution >= 4 is 11.8 Å². The second-order valence-corrected chi connectivity index (χ2v) is 7.63.